The van der Waals surface area contributed by atoms with Gasteiger partial charge in [0, 0.05) is 6.42 Å². The van der Waals surface area contributed by atoms with Crippen LogP contribution < -0.4 is 0 Å². The fourth-order valence-corrected chi connectivity index (χ4v) is 3.86. The van der Waals surface area contributed by atoms with Crippen molar-refractivity contribution in [2.75, 3.05) is 0 Å². The topological polar surface area (TPSA) is 83.8 Å². The van der Waals surface area contributed by atoms with Gasteiger partial charge in [-0.2, -0.15) is 5.26 Å². The van der Waals surface area contributed by atoms with Crippen LogP contribution in [-0.4, -0.2) is 22.3 Å². The molecule has 0 bridgehead atoms. The van der Waals surface area contributed by atoms with Crippen molar-refractivity contribution in [3.8, 4) is 0 Å². The van der Waals surface area contributed by atoms with E-state index in [-0.39, 0.29) is 17.3 Å². The Morgan fingerprint density at radius 3 is 1.65 bits per heavy atom. The minimum Gasteiger partial charge on any atom is -0.481 e. The molecule has 23 heavy (non-hydrogen) atoms. The number of rotatable bonds is 9. The maximum atomic E-state index is 12.4. The van der Waals surface area contributed by atoms with Gasteiger partial charge in [-0.1, -0.05) is 67.2 Å². The second kappa shape index (κ2) is 8.67. The van der Waals surface area contributed by atoms with Crippen LogP contribution in [0.2, 0.25) is 0 Å². The summed E-state index contributed by atoms with van der Waals surface area (Å²) in [6, 6.07) is 0. The Bertz CT molecular complexity index is 373. The third-order valence-electron chi connectivity index (χ3n) is 4.93. The third kappa shape index (κ3) is 5.79. The molecule has 0 heterocycles. The highest BCUT2D eigenvalue weighted by atomic mass is 17.1. The average Bonchev–Trinajstić information content (AvgIpc) is 2.37. The smallest absolute Gasteiger partial charge is 0.349 e. The number of hydrogen-bond donors (Lipinski definition) is 2. The van der Waals surface area contributed by atoms with Crippen molar-refractivity contribution in [1.82, 2.24) is 0 Å². The van der Waals surface area contributed by atoms with E-state index < -0.39 is 17.4 Å². The number of carbonyl (C=O) groups is 2. The number of carbonyl (C=O) groups excluding carboxylic acids is 1. The van der Waals surface area contributed by atoms with Gasteiger partial charge in [0.25, 0.3) is 0 Å². The molecule has 2 N–H and O–H groups in total. The fraction of sp³-hybridized carbons (Fsp3) is 0.889. The molecule has 0 aliphatic carbocycles. The highest BCUT2D eigenvalue weighted by Gasteiger charge is 2.57. The van der Waals surface area contributed by atoms with Crippen molar-refractivity contribution in [1.29, 1.82) is 0 Å². The van der Waals surface area contributed by atoms with Crippen LogP contribution in [-0.2, 0) is 14.5 Å². The van der Waals surface area contributed by atoms with Crippen LogP contribution in [0.4, 0.5) is 0 Å². The van der Waals surface area contributed by atoms with E-state index >= 15 is 0 Å². The molecule has 0 aliphatic rings. The molecule has 0 amide bonds. The Morgan fingerprint density at radius 2 is 1.26 bits per heavy atom. The first kappa shape index (κ1) is 21.9. The summed E-state index contributed by atoms with van der Waals surface area (Å²) >= 11 is 0. The van der Waals surface area contributed by atoms with Gasteiger partial charge in [-0.15, -0.1) is 0 Å². The molecule has 0 aromatic carbocycles. The highest BCUT2D eigenvalue weighted by Crippen LogP contribution is 2.55. The fourth-order valence-electron chi connectivity index (χ4n) is 3.86. The van der Waals surface area contributed by atoms with Crippen LogP contribution in [0.3, 0.4) is 0 Å². The highest BCUT2D eigenvalue weighted by molar-refractivity contribution is 5.78. The standard InChI is InChI=1S/C18H34O5/c1-16(2,3)18(15(21)23-22,17(4,5)6)13-11-9-7-8-10-12-14(19)20/h22H,7-13H2,1-6H3,(H,19,20). The minimum atomic E-state index is -0.782. The zero-order valence-corrected chi connectivity index (χ0v) is 15.6. The lowest BCUT2D eigenvalue weighted by Gasteiger charge is -2.50. The molecule has 5 heteroatoms. The van der Waals surface area contributed by atoms with Crippen LogP contribution in [0.1, 0.15) is 86.5 Å². The zero-order valence-electron chi connectivity index (χ0n) is 15.6. The van der Waals surface area contributed by atoms with Crippen molar-refractivity contribution in [3.63, 3.8) is 0 Å². The quantitative estimate of drug-likeness (QED) is 0.357. The Labute approximate surface area is 140 Å². The Kier molecular flexibility index (Phi) is 8.25. The molecular weight excluding hydrogens is 296 g/mol. The lowest BCUT2D eigenvalue weighted by atomic mass is 9.52. The maximum absolute atomic E-state index is 12.4. The Balaban J connectivity index is 4.80. The molecule has 5 nitrogen and oxygen atoms in total. The molecule has 0 unspecified atom stereocenters. The molecule has 0 aromatic rings. The predicted molar refractivity (Wildman–Crippen MR) is 90.0 cm³/mol. The normalized spacial score (nSPS) is 13.0. The summed E-state index contributed by atoms with van der Waals surface area (Å²) < 4.78 is 0. The first-order valence-corrected chi connectivity index (χ1v) is 8.48. The number of unbranched alkanes of at least 4 members (excludes halogenated alkanes) is 4. The van der Waals surface area contributed by atoms with E-state index in [0.29, 0.717) is 12.8 Å². The molecule has 0 rings (SSSR count). The second-order valence-electron chi connectivity index (χ2n) is 8.45. The summed E-state index contributed by atoms with van der Waals surface area (Å²) in [7, 11) is 0. The molecule has 136 valence electrons. The molecule has 0 atom stereocenters. The van der Waals surface area contributed by atoms with E-state index in [1.54, 1.807) is 0 Å². The molecule has 0 spiro atoms. The van der Waals surface area contributed by atoms with Gasteiger partial charge in [-0.05, 0) is 23.7 Å². The van der Waals surface area contributed by atoms with Crippen LogP contribution in [0.25, 0.3) is 0 Å². The molecule has 0 radical (unpaired) electrons. The summed E-state index contributed by atoms with van der Waals surface area (Å²) in [6.07, 6.45) is 5.16. The van der Waals surface area contributed by atoms with Gasteiger partial charge in [-0.25, -0.2) is 4.79 Å². The van der Waals surface area contributed by atoms with Crippen molar-refractivity contribution in [2.24, 2.45) is 16.2 Å². The first-order chi connectivity index (χ1) is 10.4. The van der Waals surface area contributed by atoms with Gasteiger partial charge in [0.1, 0.15) is 0 Å². The summed E-state index contributed by atoms with van der Waals surface area (Å²) in [5.41, 5.74) is -1.49. The molecule has 0 fully saturated rings. The van der Waals surface area contributed by atoms with E-state index in [1.807, 2.05) is 41.5 Å². The van der Waals surface area contributed by atoms with Gasteiger partial charge < -0.3 is 9.99 Å². The van der Waals surface area contributed by atoms with Crippen molar-refractivity contribution < 1.29 is 24.8 Å². The second-order valence-corrected chi connectivity index (χ2v) is 8.45. The predicted octanol–water partition coefficient (Wildman–Crippen LogP) is 4.90. The summed E-state index contributed by atoms with van der Waals surface area (Å²) in [6.45, 7) is 12.0. The van der Waals surface area contributed by atoms with E-state index in [0.717, 1.165) is 25.7 Å². The SMILES string of the molecule is CC(C)(C)C(CCCCCCCC(=O)O)(C(=O)OO)C(C)(C)C. The number of aliphatic carboxylic acids is 1. The van der Waals surface area contributed by atoms with E-state index in [4.69, 9.17) is 10.4 Å². The van der Waals surface area contributed by atoms with Crippen LogP contribution in [0.5, 0.6) is 0 Å². The maximum Gasteiger partial charge on any atom is 0.349 e. The number of carboxylic acids is 1. The molecule has 0 aromatic heterocycles. The van der Waals surface area contributed by atoms with E-state index in [2.05, 4.69) is 4.89 Å². The zero-order chi connectivity index (χ0) is 18.3. The van der Waals surface area contributed by atoms with Crippen molar-refractivity contribution >= 4 is 11.9 Å². The van der Waals surface area contributed by atoms with Gasteiger partial charge >= 0.3 is 11.9 Å². The van der Waals surface area contributed by atoms with E-state index in [1.165, 1.54) is 0 Å². The van der Waals surface area contributed by atoms with Gasteiger partial charge in [0.2, 0.25) is 0 Å². The summed E-state index contributed by atoms with van der Waals surface area (Å²) in [5.74, 6) is -1.32. The molecule has 0 saturated carbocycles. The van der Waals surface area contributed by atoms with Gasteiger partial charge in [0.15, 0.2) is 0 Å². The lowest BCUT2D eigenvalue weighted by molar-refractivity contribution is -0.260. The Morgan fingerprint density at radius 1 is 0.826 bits per heavy atom. The monoisotopic (exact) mass is 330 g/mol. The largest absolute Gasteiger partial charge is 0.481 e. The van der Waals surface area contributed by atoms with E-state index in [9.17, 15) is 9.59 Å². The summed E-state index contributed by atoms with van der Waals surface area (Å²) in [5, 5.41) is 17.6. The van der Waals surface area contributed by atoms with Crippen molar-refractivity contribution in [3.05, 3.63) is 0 Å². The molecular formula is C18H34O5. The number of carboxylic acid groups (broad SMARTS) is 1. The minimum absolute atomic E-state index is 0.213. The van der Waals surface area contributed by atoms with Gasteiger partial charge in [0.05, 0.1) is 5.41 Å². The Hall–Kier alpha value is -1.10. The first-order valence-electron chi connectivity index (χ1n) is 8.48. The number of hydrogen-bond acceptors (Lipinski definition) is 4. The summed E-state index contributed by atoms with van der Waals surface area (Å²) in [4.78, 5) is 27.1. The van der Waals surface area contributed by atoms with Gasteiger partial charge in [-0.3, -0.25) is 4.79 Å². The third-order valence-corrected chi connectivity index (χ3v) is 4.93. The molecule has 0 aliphatic heterocycles. The lowest BCUT2D eigenvalue weighted by Crippen LogP contribution is -2.52. The van der Waals surface area contributed by atoms with Crippen molar-refractivity contribution in [2.45, 2.75) is 86.5 Å². The van der Waals surface area contributed by atoms with Crippen LogP contribution in [0, 0.1) is 16.2 Å². The average molecular weight is 330 g/mol. The van der Waals surface area contributed by atoms with Crippen LogP contribution >= 0.6 is 0 Å². The van der Waals surface area contributed by atoms with Crippen LogP contribution in [0.15, 0.2) is 0 Å². The molecule has 0 saturated heterocycles.